The van der Waals surface area contributed by atoms with Crippen LogP contribution in [0.2, 0.25) is 0 Å². The molecule has 7 nitrogen and oxygen atoms in total. The highest BCUT2D eigenvalue weighted by atomic mass is 16.5. The number of hydrogen-bond acceptors (Lipinski definition) is 6. The van der Waals surface area contributed by atoms with Gasteiger partial charge in [-0.1, -0.05) is 0 Å². The van der Waals surface area contributed by atoms with E-state index in [1.165, 1.54) is 0 Å². The van der Waals surface area contributed by atoms with Crippen molar-refractivity contribution in [3.05, 3.63) is 29.3 Å². The van der Waals surface area contributed by atoms with Gasteiger partial charge in [0, 0.05) is 37.5 Å². The van der Waals surface area contributed by atoms with E-state index in [1.807, 2.05) is 31.8 Å². The third-order valence-electron chi connectivity index (χ3n) is 3.02. The molecule has 0 radical (unpaired) electrons. The summed E-state index contributed by atoms with van der Waals surface area (Å²) in [5.41, 5.74) is 8.01. The first-order chi connectivity index (χ1) is 9.60. The molecule has 0 saturated heterocycles. The maximum atomic E-state index is 5.77. The van der Waals surface area contributed by atoms with Crippen LogP contribution in [0.5, 0.6) is 0 Å². The van der Waals surface area contributed by atoms with Crippen LogP contribution in [0, 0.1) is 6.92 Å². The van der Waals surface area contributed by atoms with Crippen molar-refractivity contribution >= 4 is 11.6 Å². The smallest absolute Gasteiger partial charge is 0.158 e. The lowest BCUT2D eigenvalue weighted by atomic mass is 10.2. The number of aryl methyl sites for hydroxylation is 1. The van der Waals surface area contributed by atoms with Gasteiger partial charge >= 0.3 is 0 Å². The van der Waals surface area contributed by atoms with Gasteiger partial charge in [0.2, 0.25) is 0 Å². The van der Waals surface area contributed by atoms with E-state index in [9.17, 15) is 0 Å². The molecule has 0 atom stereocenters. The van der Waals surface area contributed by atoms with E-state index in [0.29, 0.717) is 37.2 Å². The fraction of sp³-hybridized carbons (Fsp3) is 0.462. The molecule has 0 amide bonds. The summed E-state index contributed by atoms with van der Waals surface area (Å²) in [5, 5.41) is 7.44. The minimum absolute atomic E-state index is 0.363. The Morgan fingerprint density at radius 2 is 2.20 bits per heavy atom. The molecule has 108 valence electrons. The summed E-state index contributed by atoms with van der Waals surface area (Å²) in [7, 11) is 1.92. The zero-order valence-corrected chi connectivity index (χ0v) is 12.1. The molecule has 0 bridgehead atoms. The Kier molecular flexibility index (Phi) is 4.52. The molecule has 0 aromatic carbocycles. The molecule has 0 unspecified atom stereocenters. The summed E-state index contributed by atoms with van der Waals surface area (Å²) in [6.45, 7) is 5.58. The van der Waals surface area contributed by atoms with Crippen molar-refractivity contribution in [1.82, 2.24) is 19.7 Å². The molecule has 0 aliphatic rings. The van der Waals surface area contributed by atoms with Crippen LogP contribution in [-0.4, -0.2) is 26.4 Å². The molecular formula is C13H20N6O. The Hall–Kier alpha value is -2.15. The molecule has 0 aliphatic heterocycles. The third-order valence-corrected chi connectivity index (χ3v) is 3.02. The Morgan fingerprint density at radius 3 is 2.85 bits per heavy atom. The van der Waals surface area contributed by atoms with Gasteiger partial charge in [0.25, 0.3) is 0 Å². The van der Waals surface area contributed by atoms with Crippen LogP contribution in [-0.2, 0) is 24.9 Å². The van der Waals surface area contributed by atoms with E-state index in [0.717, 1.165) is 11.3 Å². The lowest BCUT2D eigenvalue weighted by Crippen LogP contribution is -2.08. The summed E-state index contributed by atoms with van der Waals surface area (Å²) >= 11 is 0. The van der Waals surface area contributed by atoms with Gasteiger partial charge in [-0.25, -0.2) is 9.97 Å². The first-order valence-electron chi connectivity index (χ1n) is 6.52. The predicted molar refractivity (Wildman–Crippen MR) is 77.0 cm³/mol. The normalized spacial score (nSPS) is 10.8. The van der Waals surface area contributed by atoms with Gasteiger partial charge in [-0.2, -0.15) is 5.10 Å². The van der Waals surface area contributed by atoms with Crippen molar-refractivity contribution in [3.8, 4) is 0 Å². The Bertz CT molecular complexity index is 580. The molecule has 2 heterocycles. The minimum atomic E-state index is 0.363. The van der Waals surface area contributed by atoms with Crippen LogP contribution in [0.15, 0.2) is 12.3 Å². The Labute approximate surface area is 118 Å². The first-order valence-corrected chi connectivity index (χ1v) is 6.52. The summed E-state index contributed by atoms with van der Waals surface area (Å²) < 4.78 is 7.13. The van der Waals surface area contributed by atoms with Crippen LogP contribution < -0.4 is 11.1 Å². The Morgan fingerprint density at radius 1 is 1.40 bits per heavy atom. The van der Waals surface area contributed by atoms with Crippen molar-refractivity contribution in [2.24, 2.45) is 7.05 Å². The van der Waals surface area contributed by atoms with Crippen LogP contribution in [0.1, 0.15) is 24.0 Å². The number of nitrogen functional groups attached to an aromatic ring is 1. The number of hydrogen-bond donors (Lipinski definition) is 2. The molecule has 7 heteroatoms. The Balaban J connectivity index is 2.05. The molecular weight excluding hydrogens is 256 g/mol. The van der Waals surface area contributed by atoms with E-state index < -0.39 is 0 Å². The largest absolute Gasteiger partial charge is 0.384 e. The summed E-state index contributed by atoms with van der Waals surface area (Å²) in [6.07, 6.45) is 1.84. The number of rotatable bonds is 6. The quantitative estimate of drug-likeness (QED) is 0.825. The predicted octanol–water partition coefficient (Wildman–Crippen LogP) is 1.25. The maximum absolute atomic E-state index is 5.77. The van der Waals surface area contributed by atoms with Crippen LogP contribution >= 0.6 is 0 Å². The minimum Gasteiger partial charge on any atom is -0.384 e. The number of anilines is 2. The van der Waals surface area contributed by atoms with Crippen LogP contribution in [0.25, 0.3) is 0 Å². The lowest BCUT2D eigenvalue weighted by molar-refractivity contribution is 0.128. The molecule has 2 rings (SSSR count). The van der Waals surface area contributed by atoms with Gasteiger partial charge in [0.1, 0.15) is 18.2 Å². The van der Waals surface area contributed by atoms with Crippen LogP contribution in [0.4, 0.5) is 11.6 Å². The van der Waals surface area contributed by atoms with Crippen molar-refractivity contribution in [3.63, 3.8) is 0 Å². The van der Waals surface area contributed by atoms with Crippen LogP contribution in [0.3, 0.4) is 0 Å². The zero-order chi connectivity index (χ0) is 14.5. The highest BCUT2D eigenvalue weighted by Crippen LogP contribution is 2.12. The number of nitrogens with one attached hydrogen (secondary N) is 1. The third kappa shape index (κ3) is 3.45. The number of aromatic nitrogens is 4. The highest BCUT2D eigenvalue weighted by Gasteiger charge is 2.06. The molecule has 0 saturated carbocycles. The fourth-order valence-electron chi connectivity index (χ4n) is 1.77. The van der Waals surface area contributed by atoms with E-state index in [2.05, 4.69) is 20.4 Å². The van der Waals surface area contributed by atoms with Crippen molar-refractivity contribution in [2.75, 3.05) is 17.7 Å². The van der Waals surface area contributed by atoms with Crippen molar-refractivity contribution < 1.29 is 4.74 Å². The standard InChI is InChI=1S/C13H20N6O/c1-4-20-8-13-17-11(14)5-12(18-13)15-6-10-7-16-19(3)9(10)2/h5,7H,4,6,8H2,1-3H3,(H3,14,15,17,18). The van der Waals surface area contributed by atoms with Gasteiger partial charge in [-0.15, -0.1) is 0 Å². The number of ether oxygens (including phenoxy) is 1. The topological polar surface area (TPSA) is 90.9 Å². The first kappa shape index (κ1) is 14.3. The maximum Gasteiger partial charge on any atom is 0.158 e. The van der Waals surface area contributed by atoms with E-state index >= 15 is 0 Å². The summed E-state index contributed by atoms with van der Waals surface area (Å²) in [5.74, 6) is 1.70. The van der Waals surface area contributed by atoms with Gasteiger partial charge in [0.05, 0.1) is 6.20 Å². The molecule has 0 aliphatic carbocycles. The summed E-state index contributed by atoms with van der Waals surface area (Å²) in [4.78, 5) is 8.50. The van der Waals surface area contributed by atoms with Gasteiger partial charge in [-0.05, 0) is 13.8 Å². The second kappa shape index (κ2) is 6.33. The molecule has 3 N–H and O–H groups in total. The fourth-order valence-corrected chi connectivity index (χ4v) is 1.77. The number of nitrogens with zero attached hydrogens (tertiary/aromatic N) is 4. The second-order valence-electron chi connectivity index (χ2n) is 4.46. The van der Waals surface area contributed by atoms with E-state index in [1.54, 1.807) is 6.07 Å². The van der Waals surface area contributed by atoms with Gasteiger partial charge in [0.15, 0.2) is 5.82 Å². The van der Waals surface area contributed by atoms with E-state index in [-0.39, 0.29) is 0 Å². The van der Waals surface area contributed by atoms with Gasteiger partial charge < -0.3 is 15.8 Å². The number of nitrogens with two attached hydrogens (primary N) is 1. The second-order valence-corrected chi connectivity index (χ2v) is 4.46. The molecule has 0 fully saturated rings. The monoisotopic (exact) mass is 276 g/mol. The molecule has 20 heavy (non-hydrogen) atoms. The van der Waals surface area contributed by atoms with Gasteiger partial charge in [-0.3, -0.25) is 4.68 Å². The van der Waals surface area contributed by atoms with Crippen molar-refractivity contribution in [2.45, 2.75) is 27.0 Å². The molecule has 2 aromatic heterocycles. The lowest BCUT2D eigenvalue weighted by Gasteiger charge is -2.08. The zero-order valence-electron chi connectivity index (χ0n) is 12.1. The van der Waals surface area contributed by atoms with E-state index in [4.69, 9.17) is 10.5 Å². The SMILES string of the molecule is CCOCc1nc(N)cc(NCc2cnn(C)c2C)n1. The average molecular weight is 276 g/mol. The summed E-state index contributed by atoms with van der Waals surface area (Å²) in [6, 6.07) is 1.71. The molecule has 0 spiro atoms. The molecule has 2 aromatic rings. The highest BCUT2D eigenvalue weighted by molar-refractivity contribution is 5.45. The average Bonchev–Trinajstić information content (AvgIpc) is 2.74. The van der Waals surface area contributed by atoms with Crippen molar-refractivity contribution in [1.29, 1.82) is 0 Å².